The minimum absolute atomic E-state index is 0.145. The molecule has 1 aliphatic heterocycles. The van der Waals surface area contributed by atoms with Gasteiger partial charge in [-0.1, -0.05) is 0 Å². The zero-order chi connectivity index (χ0) is 18.5. The molecule has 2 bridgehead atoms. The average molecular weight is 359 g/mol. The summed E-state index contributed by atoms with van der Waals surface area (Å²) < 4.78 is 10.1. The van der Waals surface area contributed by atoms with Crippen LogP contribution in [0.15, 0.2) is 24.4 Å². The molecule has 1 aromatic heterocycles. The number of anilines is 2. The largest absolute Gasteiger partial charge is 0.453 e. The normalized spacial score (nSPS) is 17.8. The number of nitrogens with two attached hydrogens (primary N) is 1. The summed E-state index contributed by atoms with van der Waals surface area (Å²) in [5, 5.41) is 5.46. The Morgan fingerprint density at radius 2 is 2.31 bits per heavy atom. The number of carbonyl (C=O) groups is 2. The second-order valence-corrected chi connectivity index (χ2v) is 5.89. The van der Waals surface area contributed by atoms with Gasteiger partial charge in [0.2, 0.25) is 5.91 Å². The lowest BCUT2D eigenvalue weighted by atomic mass is 10.1. The van der Waals surface area contributed by atoms with Gasteiger partial charge in [0, 0.05) is 24.3 Å². The minimum atomic E-state index is -0.590. The molecule has 1 aromatic carbocycles. The van der Waals surface area contributed by atoms with Gasteiger partial charge >= 0.3 is 6.09 Å². The molecule has 0 fully saturated rings. The number of nitrogens with zero attached hydrogens (tertiary/aromatic N) is 1. The summed E-state index contributed by atoms with van der Waals surface area (Å²) in [4.78, 5) is 31.1. The van der Waals surface area contributed by atoms with Crippen LogP contribution in [0, 0.1) is 0 Å². The fourth-order valence-electron chi connectivity index (χ4n) is 2.63. The van der Waals surface area contributed by atoms with Gasteiger partial charge in [-0.15, -0.1) is 0 Å². The van der Waals surface area contributed by atoms with Crippen LogP contribution in [0.25, 0.3) is 11.3 Å². The molecule has 0 unspecified atom stereocenters. The number of ether oxygens (including phenoxy) is 2. The second-order valence-electron chi connectivity index (χ2n) is 5.89. The summed E-state index contributed by atoms with van der Waals surface area (Å²) in [7, 11) is 1.28. The highest BCUT2D eigenvalue weighted by Gasteiger charge is 2.16. The first kappa shape index (κ1) is 17.9. The van der Waals surface area contributed by atoms with Crippen molar-refractivity contribution in [2.75, 3.05) is 31.0 Å². The molecule has 26 heavy (non-hydrogen) atoms. The molecule has 2 heterocycles. The van der Waals surface area contributed by atoms with E-state index >= 15 is 0 Å². The molecule has 5 N–H and O–H groups in total. The van der Waals surface area contributed by atoms with Crippen molar-refractivity contribution in [1.82, 2.24) is 9.97 Å². The van der Waals surface area contributed by atoms with E-state index in [4.69, 9.17) is 10.5 Å². The number of hydrogen-bond acceptors (Lipinski definition) is 6. The van der Waals surface area contributed by atoms with Crippen molar-refractivity contribution in [3.8, 4) is 11.3 Å². The molecular formula is C17H21N5O4. The van der Waals surface area contributed by atoms with E-state index in [1.54, 1.807) is 24.4 Å². The molecular weight excluding hydrogens is 338 g/mol. The Morgan fingerprint density at radius 1 is 1.46 bits per heavy atom. The Hall–Kier alpha value is -2.91. The van der Waals surface area contributed by atoms with E-state index in [1.807, 2.05) is 0 Å². The highest BCUT2D eigenvalue weighted by atomic mass is 16.5. The van der Waals surface area contributed by atoms with Gasteiger partial charge < -0.3 is 25.5 Å². The predicted octanol–water partition coefficient (Wildman–Crippen LogP) is 2.00. The van der Waals surface area contributed by atoms with Gasteiger partial charge in [-0.25, -0.2) is 9.78 Å². The van der Waals surface area contributed by atoms with Gasteiger partial charge in [0.15, 0.2) is 0 Å². The third-order valence-electron chi connectivity index (χ3n) is 3.95. The Balaban J connectivity index is 1.98. The lowest BCUT2D eigenvalue weighted by Gasteiger charge is -2.13. The fraction of sp³-hybridized carbons (Fsp3) is 0.353. The summed E-state index contributed by atoms with van der Waals surface area (Å²) in [6, 6.07) is 4.78. The van der Waals surface area contributed by atoms with Gasteiger partial charge in [0.1, 0.15) is 5.82 Å². The smallest absolute Gasteiger partial charge is 0.411 e. The highest BCUT2D eigenvalue weighted by Crippen LogP contribution is 2.30. The number of imidazole rings is 1. The molecule has 2 amide bonds. The van der Waals surface area contributed by atoms with Crippen LogP contribution in [0.5, 0.6) is 0 Å². The second kappa shape index (κ2) is 7.98. The number of benzene rings is 1. The first-order valence-corrected chi connectivity index (χ1v) is 8.24. The zero-order valence-electron chi connectivity index (χ0n) is 14.4. The van der Waals surface area contributed by atoms with Gasteiger partial charge in [0.25, 0.3) is 0 Å². The predicted molar refractivity (Wildman–Crippen MR) is 95.7 cm³/mol. The van der Waals surface area contributed by atoms with Crippen LogP contribution in [0.2, 0.25) is 0 Å². The van der Waals surface area contributed by atoms with Gasteiger partial charge in [-0.05, 0) is 24.6 Å². The number of nitrogens with one attached hydrogen (secondary N) is 3. The third kappa shape index (κ3) is 4.19. The van der Waals surface area contributed by atoms with Crippen LogP contribution < -0.4 is 16.4 Å². The zero-order valence-corrected chi connectivity index (χ0v) is 14.4. The van der Waals surface area contributed by atoms with Gasteiger partial charge in [-0.3, -0.25) is 10.1 Å². The number of carbonyl (C=O) groups excluding carboxylic acids is 2. The van der Waals surface area contributed by atoms with E-state index in [1.165, 1.54) is 7.11 Å². The average Bonchev–Trinajstić information content (AvgIpc) is 3.11. The molecule has 9 nitrogen and oxygen atoms in total. The summed E-state index contributed by atoms with van der Waals surface area (Å²) in [5.74, 6) is 0.460. The maximum atomic E-state index is 12.2. The highest BCUT2D eigenvalue weighted by molar-refractivity contribution is 5.97. The van der Waals surface area contributed by atoms with E-state index in [0.717, 1.165) is 5.56 Å². The Bertz CT molecular complexity index is 804. The molecule has 2 aromatic rings. The molecule has 9 heteroatoms. The summed E-state index contributed by atoms with van der Waals surface area (Å²) in [6.07, 6.45) is 1.96. The van der Waals surface area contributed by atoms with E-state index in [-0.39, 0.29) is 11.9 Å². The lowest BCUT2D eigenvalue weighted by Crippen LogP contribution is -2.19. The van der Waals surface area contributed by atoms with Crippen molar-refractivity contribution < 1.29 is 19.1 Å². The molecule has 0 saturated heterocycles. The Kier molecular flexibility index (Phi) is 5.49. The van der Waals surface area contributed by atoms with E-state index in [0.29, 0.717) is 48.9 Å². The number of H-pyrrole nitrogens is 1. The monoisotopic (exact) mass is 359 g/mol. The molecule has 0 saturated carbocycles. The summed E-state index contributed by atoms with van der Waals surface area (Å²) in [5.41, 5.74) is 8.57. The quantitative estimate of drug-likeness (QED) is 0.616. The van der Waals surface area contributed by atoms with E-state index in [9.17, 15) is 9.59 Å². The van der Waals surface area contributed by atoms with Gasteiger partial charge in [-0.2, -0.15) is 0 Å². The molecule has 138 valence electrons. The van der Waals surface area contributed by atoms with Crippen LogP contribution in [0.3, 0.4) is 0 Å². The third-order valence-corrected chi connectivity index (χ3v) is 3.95. The van der Waals surface area contributed by atoms with Crippen molar-refractivity contribution >= 4 is 23.4 Å². The Labute approximate surface area is 150 Å². The SMILES string of the molecule is COC(=O)Nc1ccc2c(c1)NC(=O)CCCOC[C@H](N)c1ncc-2[nH]1. The van der Waals surface area contributed by atoms with Crippen molar-refractivity contribution in [1.29, 1.82) is 0 Å². The standard InChI is InChI=1S/C17H21N5O4/c1-25-17(24)20-10-4-5-11-13(7-10)21-15(23)3-2-6-26-9-12(18)16-19-8-14(11)22-16/h4-5,7-8,12H,2-3,6,9,18H2,1H3,(H,19,22)(H,20,24)(H,21,23)/t12-/m0/s1. The van der Waals surface area contributed by atoms with Gasteiger partial charge in [0.05, 0.1) is 37.3 Å². The number of aromatic amines is 1. The molecule has 1 aliphatic rings. The first-order chi connectivity index (χ1) is 12.6. The van der Waals surface area contributed by atoms with Crippen molar-refractivity contribution in [2.45, 2.75) is 18.9 Å². The van der Waals surface area contributed by atoms with Crippen molar-refractivity contribution in [3.63, 3.8) is 0 Å². The maximum Gasteiger partial charge on any atom is 0.411 e. The topological polar surface area (TPSA) is 131 Å². The number of hydrogen-bond donors (Lipinski definition) is 4. The number of rotatable bonds is 1. The number of amides is 2. The minimum Gasteiger partial charge on any atom is -0.453 e. The molecule has 0 aliphatic carbocycles. The number of aromatic nitrogens is 2. The summed E-state index contributed by atoms with van der Waals surface area (Å²) in [6.45, 7) is 0.759. The first-order valence-electron chi connectivity index (χ1n) is 8.24. The molecule has 0 radical (unpaired) electrons. The number of methoxy groups -OCH3 is 1. The molecule has 1 atom stereocenters. The van der Waals surface area contributed by atoms with Crippen LogP contribution in [-0.4, -0.2) is 42.3 Å². The number of fused-ring (bicyclic) bond motifs is 4. The van der Waals surface area contributed by atoms with Crippen molar-refractivity contribution in [3.05, 3.63) is 30.2 Å². The van der Waals surface area contributed by atoms with Crippen LogP contribution >= 0.6 is 0 Å². The molecule has 3 rings (SSSR count). The summed E-state index contributed by atoms with van der Waals surface area (Å²) >= 11 is 0. The molecule has 0 spiro atoms. The van der Waals surface area contributed by atoms with Crippen molar-refractivity contribution in [2.24, 2.45) is 5.73 Å². The fourth-order valence-corrected chi connectivity index (χ4v) is 2.63. The lowest BCUT2D eigenvalue weighted by molar-refractivity contribution is -0.116. The Morgan fingerprint density at radius 3 is 3.12 bits per heavy atom. The maximum absolute atomic E-state index is 12.2. The van der Waals surface area contributed by atoms with Crippen LogP contribution in [-0.2, 0) is 14.3 Å². The van der Waals surface area contributed by atoms with Crippen LogP contribution in [0.4, 0.5) is 16.2 Å². The van der Waals surface area contributed by atoms with E-state index in [2.05, 4.69) is 25.3 Å². The van der Waals surface area contributed by atoms with Crippen LogP contribution in [0.1, 0.15) is 24.7 Å². The van der Waals surface area contributed by atoms with E-state index < -0.39 is 6.09 Å².